The second kappa shape index (κ2) is 4.90. The van der Waals surface area contributed by atoms with E-state index in [1.807, 2.05) is 0 Å². The molecule has 2 N–H and O–H groups in total. The molecule has 18 heavy (non-hydrogen) atoms. The van der Waals surface area contributed by atoms with E-state index >= 15 is 0 Å². The molecule has 3 rings (SSSR count). The molecule has 0 bridgehead atoms. The fourth-order valence-electron chi connectivity index (χ4n) is 3.21. The summed E-state index contributed by atoms with van der Waals surface area (Å²) < 4.78 is 5.49. The lowest BCUT2D eigenvalue weighted by molar-refractivity contribution is 0.0226. The number of benzene rings is 1. The SMILES string of the molecule is NCC1(CN2CCc3ccccc32)CCOCC1. The third kappa shape index (κ3) is 2.13. The first-order valence-electron chi connectivity index (χ1n) is 6.94. The van der Waals surface area contributed by atoms with E-state index < -0.39 is 0 Å². The molecule has 2 aliphatic heterocycles. The molecule has 0 aromatic heterocycles. The molecule has 0 aliphatic carbocycles. The van der Waals surface area contributed by atoms with Crippen LogP contribution >= 0.6 is 0 Å². The molecule has 1 saturated heterocycles. The highest BCUT2D eigenvalue weighted by molar-refractivity contribution is 5.57. The lowest BCUT2D eigenvalue weighted by Gasteiger charge is -2.40. The van der Waals surface area contributed by atoms with Crippen molar-refractivity contribution in [2.45, 2.75) is 19.3 Å². The predicted molar refractivity (Wildman–Crippen MR) is 73.9 cm³/mol. The first-order valence-corrected chi connectivity index (χ1v) is 6.94. The minimum atomic E-state index is 0.260. The van der Waals surface area contributed by atoms with Crippen molar-refractivity contribution in [3.05, 3.63) is 29.8 Å². The normalized spacial score (nSPS) is 21.9. The number of fused-ring (bicyclic) bond motifs is 1. The second-order valence-corrected chi connectivity index (χ2v) is 5.62. The van der Waals surface area contributed by atoms with Crippen molar-refractivity contribution in [2.24, 2.45) is 11.1 Å². The Hall–Kier alpha value is -1.06. The number of hydrogen-bond donors (Lipinski definition) is 1. The zero-order valence-corrected chi connectivity index (χ0v) is 10.9. The maximum Gasteiger partial charge on any atom is 0.0472 e. The molecule has 2 aliphatic rings. The fourth-order valence-corrected chi connectivity index (χ4v) is 3.21. The zero-order chi connectivity index (χ0) is 12.4. The first-order chi connectivity index (χ1) is 8.83. The van der Waals surface area contributed by atoms with Crippen molar-refractivity contribution in [3.63, 3.8) is 0 Å². The average Bonchev–Trinajstić information content (AvgIpc) is 2.83. The summed E-state index contributed by atoms with van der Waals surface area (Å²) in [5, 5.41) is 0. The van der Waals surface area contributed by atoms with Crippen molar-refractivity contribution in [2.75, 3.05) is 37.7 Å². The minimum absolute atomic E-state index is 0.260. The van der Waals surface area contributed by atoms with Gasteiger partial charge < -0.3 is 15.4 Å². The topological polar surface area (TPSA) is 38.5 Å². The average molecular weight is 246 g/mol. The number of anilines is 1. The molecule has 98 valence electrons. The Morgan fingerprint density at radius 2 is 2.00 bits per heavy atom. The van der Waals surface area contributed by atoms with Gasteiger partial charge in [-0.15, -0.1) is 0 Å². The molecular weight excluding hydrogens is 224 g/mol. The standard InChI is InChI=1S/C15H22N2O/c16-11-15(6-9-18-10-7-15)12-17-8-5-13-3-1-2-4-14(13)17/h1-4H,5-12,16H2. The van der Waals surface area contributed by atoms with E-state index in [2.05, 4.69) is 29.2 Å². The fraction of sp³-hybridized carbons (Fsp3) is 0.600. The molecule has 0 unspecified atom stereocenters. The van der Waals surface area contributed by atoms with E-state index in [0.29, 0.717) is 0 Å². The van der Waals surface area contributed by atoms with Gasteiger partial charge >= 0.3 is 0 Å². The van der Waals surface area contributed by atoms with E-state index in [4.69, 9.17) is 10.5 Å². The Bertz CT molecular complexity index is 413. The molecule has 2 heterocycles. The Morgan fingerprint density at radius 3 is 2.78 bits per heavy atom. The van der Waals surface area contributed by atoms with Crippen LogP contribution in [0.2, 0.25) is 0 Å². The van der Waals surface area contributed by atoms with Crippen LogP contribution in [0.5, 0.6) is 0 Å². The summed E-state index contributed by atoms with van der Waals surface area (Å²) in [6, 6.07) is 8.76. The summed E-state index contributed by atoms with van der Waals surface area (Å²) in [5.74, 6) is 0. The zero-order valence-electron chi connectivity index (χ0n) is 10.9. The monoisotopic (exact) mass is 246 g/mol. The molecule has 3 heteroatoms. The summed E-state index contributed by atoms with van der Waals surface area (Å²) in [7, 11) is 0. The third-order valence-electron chi connectivity index (χ3n) is 4.50. The van der Waals surface area contributed by atoms with Gasteiger partial charge in [0.15, 0.2) is 0 Å². The van der Waals surface area contributed by atoms with Crippen LogP contribution in [0.3, 0.4) is 0 Å². The predicted octanol–water partition coefficient (Wildman–Crippen LogP) is 1.80. The number of ether oxygens (including phenoxy) is 1. The van der Waals surface area contributed by atoms with Crippen LogP contribution in [-0.4, -0.2) is 32.8 Å². The van der Waals surface area contributed by atoms with Crippen molar-refractivity contribution >= 4 is 5.69 Å². The van der Waals surface area contributed by atoms with E-state index in [1.165, 1.54) is 17.7 Å². The Morgan fingerprint density at radius 1 is 1.22 bits per heavy atom. The highest BCUT2D eigenvalue weighted by Crippen LogP contribution is 2.35. The van der Waals surface area contributed by atoms with Crippen molar-refractivity contribution in [3.8, 4) is 0 Å². The van der Waals surface area contributed by atoms with Crippen molar-refractivity contribution < 1.29 is 4.74 Å². The molecule has 0 amide bonds. The van der Waals surface area contributed by atoms with Gasteiger partial charge in [-0.3, -0.25) is 0 Å². The van der Waals surface area contributed by atoms with Crippen LogP contribution in [0.15, 0.2) is 24.3 Å². The van der Waals surface area contributed by atoms with Crippen LogP contribution in [-0.2, 0) is 11.2 Å². The Labute approximate surface area is 109 Å². The van der Waals surface area contributed by atoms with Crippen LogP contribution in [0.1, 0.15) is 18.4 Å². The number of hydrogen-bond acceptors (Lipinski definition) is 3. The largest absolute Gasteiger partial charge is 0.381 e. The summed E-state index contributed by atoms with van der Waals surface area (Å²) in [6.45, 7) is 4.74. The van der Waals surface area contributed by atoms with Gasteiger partial charge in [-0.2, -0.15) is 0 Å². The minimum Gasteiger partial charge on any atom is -0.381 e. The molecule has 1 fully saturated rings. The van der Waals surface area contributed by atoms with Gasteiger partial charge in [0, 0.05) is 37.4 Å². The van der Waals surface area contributed by atoms with E-state index in [1.54, 1.807) is 0 Å². The van der Waals surface area contributed by atoms with Crippen molar-refractivity contribution in [1.82, 2.24) is 0 Å². The van der Waals surface area contributed by atoms with E-state index in [9.17, 15) is 0 Å². The van der Waals surface area contributed by atoms with Gasteiger partial charge in [0.25, 0.3) is 0 Å². The smallest absolute Gasteiger partial charge is 0.0472 e. The molecule has 0 atom stereocenters. The van der Waals surface area contributed by atoms with Crippen LogP contribution in [0.4, 0.5) is 5.69 Å². The van der Waals surface area contributed by atoms with E-state index in [0.717, 1.165) is 45.7 Å². The van der Waals surface area contributed by atoms with Crippen LogP contribution in [0.25, 0.3) is 0 Å². The first kappa shape index (κ1) is 12.0. The van der Waals surface area contributed by atoms with Gasteiger partial charge in [0.1, 0.15) is 0 Å². The molecule has 1 aromatic carbocycles. The highest BCUT2D eigenvalue weighted by Gasteiger charge is 2.34. The summed E-state index contributed by atoms with van der Waals surface area (Å²) >= 11 is 0. The van der Waals surface area contributed by atoms with Gasteiger partial charge in [-0.05, 0) is 37.4 Å². The van der Waals surface area contributed by atoms with Gasteiger partial charge in [-0.25, -0.2) is 0 Å². The van der Waals surface area contributed by atoms with Crippen molar-refractivity contribution in [1.29, 1.82) is 0 Å². The molecule has 0 spiro atoms. The van der Waals surface area contributed by atoms with Gasteiger partial charge in [0.2, 0.25) is 0 Å². The summed E-state index contributed by atoms with van der Waals surface area (Å²) in [5.41, 5.74) is 9.21. The molecular formula is C15H22N2O. The van der Waals surface area contributed by atoms with Crippen LogP contribution < -0.4 is 10.6 Å². The molecule has 3 nitrogen and oxygen atoms in total. The lowest BCUT2D eigenvalue weighted by atomic mass is 9.79. The molecule has 0 saturated carbocycles. The van der Waals surface area contributed by atoms with Crippen LogP contribution in [0, 0.1) is 5.41 Å². The van der Waals surface area contributed by atoms with E-state index in [-0.39, 0.29) is 5.41 Å². The lowest BCUT2D eigenvalue weighted by Crippen LogP contribution is -2.45. The maximum absolute atomic E-state index is 6.05. The number of rotatable bonds is 3. The Balaban J connectivity index is 1.77. The third-order valence-corrected chi connectivity index (χ3v) is 4.50. The summed E-state index contributed by atoms with van der Waals surface area (Å²) in [4.78, 5) is 2.52. The summed E-state index contributed by atoms with van der Waals surface area (Å²) in [6.07, 6.45) is 3.37. The number of nitrogens with two attached hydrogens (primary N) is 1. The Kier molecular flexibility index (Phi) is 3.27. The molecule has 0 radical (unpaired) electrons. The second-order valence-electron chi connectivity index (χ2n) is 5.62. The number of nitrogens with zero attached hydrogens (tertiary/aromatic N) is 1. The quantitative estimate of drug-likeness (QED) is 0.884. The van der Waals surface area contributed by atoms with Gasteiger partial charge in [0.05, 0.1) is 0 Å². The number of para-hydroxylation sites is 1. The molecule has 1 aromatic rings. The van der Waals surface area contributed by atoms with Gasteiger partial charge in [-0.1, -0.05) is 18.2 Å². The maximum atomic E-state index is 6.05. The highest BCUT2D eigenvalue weighted by atomic mass is 16.5.